The number of hydrogen-bond donors (Lipinski definition) is 1. The molecule has 2 N–H and O–H groups in total. The molecule has 1 heterocycles. The molecule has 1 aliphatic carbocycles. The molecule has 1 fully saturated rings. The van der Waals surface area contributed by atoms with E-state index in [0.717, 1.165) is 23.9 Å². The molecule has 1 saturated carbocycles. The monoisotopic (exact) mass is 243 g/mol. The Bertz CT molecular complexity index is 716. The van der Waals surface area contributed by atoms with Gasteiger partial charge in [-0.3, -0.25) is 4.57 Å². The van der Waals surface area contributed by atoms with Crippen molar-refractivity contribution in [1.29, 1.82) is 5.26 Å². The van der Waals surface area contributed by atoms with Crippen molar-refractivity contribution in [2.24, 2.45) is 18.2 Å². The van der Waals surface area contributed by atoms with Crippen LogP contribution in [0.5, 0.6) is 0 Å². The van der Waals surface area contributed by atoms with Gasteiger partial charge in [-0.25, -0.2) is 4.79 Å². The molecular formula is C13H13N3O2. The van der Waals surface area contributed by atoms with Crippen LogP contribution < -0.4 is 11.5 Å². The largest absolute Gasteiger partial charge is 0.419 e. The summed E-state index contributed by atoms with van der Waals surface area (Å²) in [5.41, 5.74) is 7.80. The third-order valence-electron chi connectivity index (χ3n) is 3.78. The minimum atomic E-state index is -0.428. The number of nitrogens with two attached hydrogens (primary N) is 1. The predicted molar refractivity (Wildman–Crippen MR) is 65.7 cm³/mol. The zero-order chi connectivity index (χ0) is 12.9. The zero-order valence-electron chi connectivity index (χ0n) is 10.0. The van der Waals surface area contributed by atoms with Crippen LogP contribution in [0, 0.1) is 16.7 Å². The number of nitrogens with zero attached hydrogens (tertiary/aromatic N) is 2. The number of aromatic nitrogens is 1. The number of oxazole rings is 1. The first kappa shape index (κ1) is 11.1. The second-order valence-electron chi connectivity index (χ2n) is 4.90. The highest BCUT2D eigenvalue weighted by Crippen LogP contribution is 2.53. The Morgan fingerprint density at radius 2 is 2.28 bits per heavy atom. The van der Waals surface area contributed by atoms with Crippen molar-refractivity contribution in [3.8, 4) is 6.07 Å². The van der Waals surface area contributed by atoms with Crippen LogP contribution in [-0.2, 0) is 7.05 Å². The van der Waals surface area contributed by atoms with Crippen LogP contribution in [0.25, 0.3) is 11.1 Å². The number of rotatable bonds is 2. The minimum Gasteiger partial charge on any atom is -0.408 e. The Morgan fingerprint density at radius 1 is 1.56 bits per heavy atom. The average Bonchev–Trinajstić information content (AvgIpc) is 3.12. The maximum atomic E-state index is 11.4. The Kier molecular flexibility index (Phi) is 2.13. The highest BCUT2D eigenvalue weighted by molar-refractivity contribution is 5.73. The summed E-state index contributed by atoms with van der Waals surface area (Å²) in [6.45, 7) is 0. The van der Waals surface area contributed by atoms with Crippen molar-refractivity contribution in [2.45, 2.75) is 18.9 Å². The molecule has 0 saturated heterocycles. The topological polar surface area (TPSA) is 84.9 Å². The third-order valence-corrected chi connectivity index (χ3v) is 3.78. The molecule has 2 aromatic rings. The van der Waals surface area contributed by atoms with Crippen LogP contribution in [0.2, 0.25) is 0 Å². The fourth-order valence-corrected chi connectivity index (χ4v) is 2.29. The van der Waals surface area contributed by atoms with Crippen molar-refractivity contribution >= 4 is 11.1 Å². The lowest BCUT2D eigenvalue weighted by Crippen LogP contribution is -2.21. The van der Waals surface area contributed by atoms with Gasteiger partial charge < -0.3 is 10.2 Å². The van der Waals surface area contributed by atoms with Gasteiger partial charge >= 0.3 is 5.76 Å². The lowest BCUT2D eigenvalue weighted by molar-refractivity contribution is 0.513. The van der Waals surface area contributed by atoms with Gasteiger partial charge in [0, 0.05) is 13.1 Å². The van der Waals surface area contributed by atoms with E-state index >= 15 is 0 Å². The van der Waals surface area contributed by atoms with Gasteiger partial charge in [-0.15, -0.1) is 0 Å². The normalized spacial score (nSPS) is 18.5. The maximum Gasteiger partial charge on any atom is 0.419 e. The van der Waals surface area contributed by atoms with E-state index in [1.807, 2.05) is 12.1 Å². The first-order chi connectivity index (χ1) is 8.57. The summed E-state index contributed by atoms with van der Waals surface area (Å²) in [5, 5.41) is 9.14. The van der Waals surface area contributed by atoms with Gasteiger partial charge in [0.2, 0.25) is 0 Å². The second-order valence-corrected chi connectivity index (χ2v) is 4.90. The van der Waals surface area contributed by atoms with Crippen LogP contribution in [-0.4, -0.2) is 4.57 Å². The van der Waals surface area contributed by atoms with Crippen LogP contribution in [0.1, 0.15) is 24.4 Å². The first-order valence-corrected chi connectivity index (χ1v) is 5.84. The van der Waals surface area contributed by atoms with Crippen molar-refractivity contribution in [3.05, 3.63) is 34.3 Å². The number of aryl methyl sites for hydroxylation is 1. The second kappa shape index (κ2) is 3.47. The van der Waals surface area contributed by atoms with Crippen LogP contribution in [0.3, 0.4) is 0 Å². The molecule has 1 aromatic heterocycles. The lowest BCUT2D eigenvalue weighted by Gasteiger charge is -2.16. The molecule has 3 rings (SSSR count). The summed E-state index contributed by atoms with van der Waals surface area (Å²) in [5.74, 6) is -0.392. The molecule has 1 aromatic carbocycles. The van der Waals surface area contributed by atoms with Gasteiger partial charge in [0.25, 0.3) is 0 Å². The molecule has 92 valence electrons. The number of nitriles is 1. The minimum absolute atomic E-state index is 0.322. The van der Waals surface area contributed by atoms with E-state index in [1.165, 1.54) is 4.57 Å². The van der Waals surface area contributed by atoms with Gasteiger partial charge in [-0.2, -0.15) is 5.26 Å². The Morgan fingerprint density at radius 3 is 2.89 bits per heavy atom. The molecule has 18 heavy (non-hydrogen) atoms. The SMILES string of the molecule is Cn1c(=O)oc2cc(C(N)C3(C#N)CC3)ccc21. The average molecular weight is 243 g/mol. The summed E-state index contributed by atoms with van der Waals surface area (Å²) in [6.07, 6.45) is 1.67. The molecule has 1 atom stereocenters. The summed E-state index contributed by atoms with van der Waals surface area (Å²) in [4.78, 5) is 11.4. The third kappa shape index (κ3) is 1.39. The van der Waals surface area contributed by atoms with Crippen LogP contribution in [0.4, 0.5) is 0 Å². The molecule has 5 nitrogen and oxygen atoms in total. The molecule has 0 bridgehead atoms. The maximum absolute atomic E-state index is 11.4. The molecule has 0 amide bonds. The van der Waals surface area contributed by atoms with E-state index in [-0.39, 0.29) is 6.04 Å². The van der Waals surface area contributed by atoms with Crippen molar-refractivity contribution in [3.63, 3.8) is 0 Å². The molecular weight excluding hydrogens is 230 g/mol. The smallest absolute Gasteiger partial charge is 0.408 e. The summed E-state index contributed by atoms with van der Waals surface area (Å²) in [6, 6.07) is 7.40. The standard InChI is InChI=1S/C13H13N3O2/c1-16-9-3-2-8(6-10(9)18-12(16)17)11(15)13(7-14)4-5-13/h2-3,6,11H,4-5,15H2,1H3. The summed E-state index contributed by atoms with van der Waals surface area (Å²) in [7, 11) is 1.66. The van der Waals surface area contributed by atoms with Crippen LogP contribution >= 0.6 is 0 Å². The predicted octanol–water partition coefficient (Wildman–Crippen LogP) is 1.44. The summed E-state index contributed by atoms with van der Waals surface area (Å²) < 4.78 is 6.57. The van der Waals surface area contributed by atoms with Crippen molar-refractivity contribution < 1.29 is 4.42 Å². The first-order valence-electron chi connectivity index (χ1n) is 5.84. The molecule has 0 spiro atoms. The van der Waals surface area contributed by atoms with Gasteiger partial charge in [-0.05, 0) is 30.5 Å². The number of benzene rings is 1. The van der Waals surface area contributed by atoms with E-state index in [9.17, 15) is 4.79 Å². The number of fused-ring (bicyclic) bond motifs is 1. The quantitative estimate of drug-likeness (QED) is 0.864. The highest BCUT2D eigenvalue weighted by atomic mass is 16.4. The molecule has 1 aliphatic rings. The van der Waals surface area contributed by atoms with E-state index in [4.69, 9.17) is 15.4 Å². The molecule has 0 radical (unpaired) electrons. The molecule has 0 aliphatic heterocycles. The zero-order valence-corrected chi connectivity index (χ0v) is 10.0. The van der Waals surface area contributed by atoms with E-state index in [0.29, 0.717) is 5.58 Å². The Hall–Kier alpha value is -2.06. The van der Waals surface area contributed by atoms with Gasteiger partial charge in [-0.1, -0.05) is 6.07 Å². The lowest BCUT2D eigenvalue weighted by atomic mass is 9.92. The number of hydrogen-bond acceptors (Lipinski definition) is 4. The molecule has 5 heteroatoms. The molecule has 1 unspecified atom stereocenters. The summed E-state index contributed by atoms with van der Waals surface area (Å²) >= 11 is 0. The van der Waals surface area contributed by atoms with Crippen molar-refractivity contribution in [1.82, 2.24) is 4.57 Å². The Balaban J connectivity index is 2.09. The van der Waals surface area contributed by atoms with Gasteiger partial charge in [0.15, 0.2) is 5.58 Å². The van der Waals surface area contributed by atoms with Gasteiger partial charge in [0.05, 0.1) is 17.0 Å². The fraction of sp³-hybridized carbons (Fsp3) is 0.385. The van der Waals surface area contributed by atoms with Gasteiger partial charge in [0.1, 0.15) is 0 Å². The van der Waals surface area contributed by atoms with Crippen molar-refractivity contribution in [2.75, 3.05) is 0 Å². The fourth-order valence-electron chi connectivity index (χ4n) is 2.29. The Labute approximate surface area is 103 Å². The van der Waals surface area contributed by atoms with E-state index in [2.05, 4.69) is 6.07 Å². The van der Waals surface area contributed by atoms with Crippen LogP contribution in [0.15, 0.2) is 27.4 Å². The van der Waals surface area contributed by atoms with E-state index < -0.39 is 11.2 Å². The van der Waals surface area contributed by atoms with E-state index in [1.54, 1.807) is 13.1 Å². The highest BCUT2D eigenvalue weighted by Gasteiger charge is 2.49.